The highest BCUT2D eigenvalue weighted by atomic mass is 32.1. The quantitative estimate of drug-likeness (QED) is 0.885. The molecule has 1 aliphatic heterocycles. The smallest absolute Gasteiger partial charge is 0.251 e. The molecule has 3 heterocycles. The van der Waals surface area contributed by atoms with E-state index in [-0.39, 0.29) is 5.91 Å². The number of carbonyl (C=O) groups is 1. The van der Waals surface area contributed by atoms with Crippen LogP contribution in [0.3, 0.4) is 0 Å². The zero-order valence-corrected chi connectivity index (χ0v) is 11.2. The Morgan fingerprint density at radius 2 is 2.53 bits per heavy atom. The molecule has 2 aromatic heterocycles. The highest BCUT2D eigenvalue weighted by Gasteiger charge is 2.22. The number of hydrogen-bond donors (Lipinski definition) is 1. The number of carbonyl (C=O) groups excluding carboxylic acids is 1. The van der Waals surface area contributed by atoms with E-state index in [2.05, 4.69) is 10.3 Å². The van der Waals surface area contributed by atoms with E-state index in [1.54, 1.807) is 11.3 Å². The molecule has 1 amide bonds. The number of ether oxygens (including phenoxy) is 2. The molecule has 0 radical (unpaired) electrons. The van der Waals surface area contributed by atoms with Gasteiger partial charge in [-0.1, -0.05) is 0 Å². The first kappa shape index (κ1) is 12.6. The van der Waals surface area contributed by atoms with Gasteiger partial charge >= 0.3 is 0 Å². The zero-order chi connectivity index (χ0) is 13.1. The normalized spacial score (nSPS) is 19.7. The fourth-order valence-electron chi connectivity index (χ4n) is 1.96. The Balaban J connectivity index is 1.47. The average Bonchev–Trinajstić information content (AvgIpc) is 3.00. The minimum Gasteiger partial charge on any atom is -0.376 e. The molecule has 0 spiro atoms. The second-order valence-electron chi connectivity index (χ2n) is 4.30. The first-order valence-electron chi connectivity index (χ1n) is 6.21. The van der Waals surface area contributed by atoms with E-state index < -0.39 is 6.10 Å². The number of aromatic nitrogens is 2. The number of hydrogen-bond acceptors (Lipinski definition) is 5. The third-order valence-corrected chi connectivity index (χ3v) is 3.70. The third kappa shape index (κ3) is 2.94. The second-order valence-corrected chi connectivity index (χ2v) is 5.17. The second kappa shape index (κ2) is 5.68. The maximum atomic E-state index is 11.8. The maximum Gasteiger partial charge on any atom is 0.251 e. The highest BCUT2D eigenvalue weighted by Crippen LogP contribution is 2.11. The molecule has 1 fully saturated rings. The van der Waals surface area contributed by atoms with Crippen molar-refractivity contribution in [3.05, 3.63) is 23.5 Å². The topological polar surface area (TPSA) is 64.9 Å². The fraction of sp³-hybridized carbons (Fsp3) is 0.500. The number of rotatable bonds is 4. The lowest BCUT2D eigenvalue weighted by Gasteiger charge is -2.21. The minimum absolute atomic E-state index is 0.110. The molecule has 0 aromatic carbocycles. The van der Waals surface area contributed by atoms with Crippen molar-refractivity contribution in [3.8, 4) is 0 Å². The fourth-order valence-corrected chi connectivity index (χ4v) is 2.68. The van der Waals surface area contributed by atoms with E-state index in [1.165, 1.54) is 0 Å². The lowest BCUT2D eigenvalue weighted by atomic mass is 10.3. The van der Waals surface area contributed by atoms with Gasteiger partial charge < -0.3 is 14.8 Å². The molecule has 102 valence electrons. The molecule has 0 saturated carbocycles. The van der Waals surface area contributed by atoms with Crippen LogP contribution in [0, 0.1) is 0 Å². The summed E-state index contributed by atoms with van der Waals surface area (Å²) in [7, 11) is 0. The summed E-state index contributed by atoms with van der Waals surface area (Å²) in [5, 5.41) is 4.84. The maximum absolute atomic E-state index is 11.8. The van der Waals surface area contributed by atoms with Gasteiger partial charge in [0.05, 0.1) is 25.5 Å². The van der Waals surface area contributed by atoms with Crippen LogP contribution in [-0.4, -0.2) is 47.8 Å². The Morgan fingerprint density at radius 3 is 3.32 bits per heavy atom. The Hall–Kier alpha value is -1.44. The molecular weight excluding hydrogens is 266 g/mol. The summed E-state index contributed by atoms with van der Waals surface area (Å²) in [6, 6.07) is 0. The number of thiazole rings is 1. The van der Waals surface area contributed by atoms with E-state index >= 15 is 0 Å². The number of nitrogens with zero attached hydrogens (tertiary/aromatic N) is 2. The molecule has 6 nitrogen and oxygen atoms in total. The van der Waals surface area contributed by atoms with Crippen LogP contribution in [0.5, 0.6) is 0 Å². The molecule has 1 aliphatic rings. The molecule has 0 aliphatic carbocycles. The Kier molecular flexibility index (Phi) is 3.77. The van der Waals surface area contributed by atoms with Crippen molar-refractivity contribution < 1.29 is 14.3 Å². The van der Waals surface area contributed by atoms with Gasteiger partial charge in [0.15, 0.2) is 11.1 Å². The largest absolute Gasteiger partial charge is 0.376 e. The first-order valence-corrected chi connectivity index (χ1v) is 7.09. The Labute approximate surface area is 114 Å². The molecule has 0 bridgehead atoms. The van der Waals surface area contributed by atoms with Crippen molar-refractivity contribution in [1.29, 1.82) is 0 Å². The van der Waals surface area contributed by atoms with Crippen molar-refractivity contribution in [2.24, 2.45) is 0 Å². The molecule has 3 rings (SSSR count). The molecule has 0 unspecified atom stereocenters. The Bertz CT molecular complexity index is 531. The van der Waals surface area contributed by atoms with Crippen LogP contribution >= 0.6 is 11.3 Å². The van der Waals surface area contributed by atoms with Crippen LogP contribution in [0.2, 0.25) is 0 Å². The van der Waals surface area contributed by atoms with Crippen LogP contribution in [-0.2, 0) is 20.7 Å². The zero-order valence-electron chi connectivity index (χ0n) is 10.4. The summed E-state index contributed by atoms with van der Waals surface area (Å²) in [6.07, 6.45) is 4.20. The first-order chi connectivity index (χ1) is 9.33. The van der Waals surface area contributed by atoms with Gasteiger partial charge in [-0.3, -0.25) is 9.20 Å². The Morgan fingerprint density at radius 1 is 1.58 bits per heavy atom. The van der Waals surface area contributed by atoms with Crippen LogP contribution in [0.15, 0.2) is 17.8 Å². The van der Waals surface area contributed by atoms with Crippen LogP contribution in [0.1, 0.15) is 5.69 Å². The predicted molar refractivity (Wildman–Crippen MR) is 70.3 cm³/mol. The summed E-state index contributed by atoms with van der Waals surface area (Å²) in [4.78, 5) is 17.2. The van der Waals surface area contributed by atoms with Gasteiger partial charge in [0, 0.05) is 30.7 Å². The van der Waals surface area contributed by atoms with Gasteiger partial charge in [-0.2, -0.15) is 0 Å². The lowest BCUT2D eigenvalue weighted by molar-refractivity contribution is -0.147. The van der Waals surface area contributed by atoms with Crippen LogP contribution in [0.25, 0.3) is 4.96 Å². The van der Waals surface area contributed by atoms with E-state index in [0.29, 0.717) is 32.8 Å². The number of amides is 1. The summed E-state index contributed by atoms with van der Waals surface area (Å²) in [5.74, 6) is -0.110. The molecule has 1 N–H and O–H groups in total. The van der Waals surface area contributed by atoms with E-state index in [9.17, 15) is 4.79 Å². The van der Waals surface area contributed by atoms with Crippen LogP contribution in [0.4, 0.5) is 0 Å². The van der Waals surface area contributed by atoms with Gasteiger partial charge in [0.25, 0.3) is 5.91 Å². The van der Waals surface area contributed by atoms with Gasteiger partial charge in [-0.05, 0) is 0 Å². The number of fused-ring (bicyclic) bond motifs is 1. The van der Waals surface area contributed by atoms with Crippen molar-refractivity contribution in [3.63, 3.8) is 0 Å². The molecule has 2 aromatic rings. The van der Waals surface area contributed by atoms with Gasteiger partial charge in [-0.25, -0.2) is 4.98 Å². The number of nitrogens with one attached hydrogen (secondary N) is 1. The minimum atomic E-state index is -0.473. The lowest BCUT2D eigenvalue weighted by Crippen LogP contribution is -2.43. The third-order valence-electron chi connectivity index (χ3n) is 2.93. The van der Waals surface area contributed by atoms with Crippen LogP contribution < -0.4 is 5.32 Å². The van der Waals surface area contributed by atoms with E-state index in [0.717, 1.165) is 10.7 Å². The van der Waals surface area contributed by atoms with Crippen molar-refractivity contribution in [2.45, 2.75) is 12.5 Å². The number of imidazole rings is 1. The monoisotopic (exact) mass is 281 g/mol. The van der Waals surface area contributed by atoms with E-state index in [1.807, 2.05) is 22.2 Å². The molecule has 7 heteroatoms. The molecule has 1 saturated heterocycles. The van der Waals surface area contributed by atoms with Gasteiger partial charge in [0.2, 0.25) is 0 Å². The van der Waals surface area contributed by atoms with Crippen molar-refractivity contribution in [1.82, 2.24) is 14.7 Å². The molecular formula is C12H15N3O3S. The van der Waals surface area contributed by atoms with Gasteiger partial charge in [0.1, 0.15) is 0 Å². The average molecular weight is 281 g/mol. The van der Waals surface area contributed by atoms with Crippen molar-refractivity contribution >= 4 is 22.2 Å². The SMILES string of the molecule is O=C(NCCc1cn2ccsc2n1)[C@H]1COCCO1. The highest BCUT2D eigenvalue weighted by molar-refractivity contribution is 7.15. The summed E-state index contributed by atoms with van der Waals surface area (Å²) in [6.45, 7) is 1.94. The molecule has 1 atom stereocenters. The van der Waals surface area contributed by atoms with E-state index in [4.69, 9.17) is 9.47 Å². The summed E-state index contributed by atoms with van der Waals surface area (Å²) in [5.41, 5.74) is 0.980. The predicted octanol–water partition coefficient (Wildman–Crippen LogP) is 0.470. The standard InChI is InChI=1S/C12H15N3O3S/c16-11(10-8-17-4-5-18-10)13-2-1-9-7-15-3-6-19-12(15)14-9/h3,6-7,10H,1-2,4-5,8H2,(H,13,16)/t10-/m1/s1. The summed E-state index contributed by atoms with van der Waals surface area (Å²) < 4.78 is 12.5. The molecule has 19 heavy (non-hydrogen) atoms. The van der Waals surface area contributed by atoms with Gasteiger partial charge in [-0.15, -0.1) is 11.3 Å². The summed E-state index contributed by atoms with van der Waals surface area (Å²) >= 11 is 1.60. The van der Waals surface area contributed by atoms with Crippen molar-refractivity contribution in [2.75, 3.05) is 26.4 Å².